The maximum Gasteiger partial charge on any atom is 0.375 e. The molecular formula is C14H13NO4. The molecule has 0 aliphatic rings. The molecule has 0 aliphatic heterocycles. The second-order valence-electron chi connectivity index (χ2n) is 4.02. The summed E-state index contributed by atoms with van der Waals surface area (Å²) in [6, 6.07) is 9.11. The summed E-state index contributed by atoms with van der Waals surface area (Å²) in [6.07, 6.45) is -0.823. The number of nitrogens with zero attached hydrogens (tertiary/aromatic N) is 1. The van der Waals surface area contributed by atoms with Gasteiger partial charge in [0.1, 0.15) is 11.7 Å². The molecule has 2 rings (SSSR count). The minimum absolute atomic E-state index is 0.0881. The molecule has 5 nitrogen and oxygen atoms in total. The van der Waals surface area contributed by atoms with Gasteiger partial charge in [0.25, 0.3) is 0 Å². The fourth-order valence-corrected chi connectivity index (χ4v) is 1.79. The molecule has 5 heteroatoms. The number of nitriles is 1. The minimum atomic E-state index is -0.823. The predicted molar refractivity (Wildman–Crippen MR) is 67.4 cm³/mol. The lowest BCUT2D eigenvalue weighted by Crippen LogP contribution is -2.14. The SMILES string of the molecule is COCc1c(C(=O)O[C@@H](C)C#N)oc2ccccc12. The largest absolute Gasteiger partial charge is 0.449 e. The molecule has 2 aromatic rings. The highest BCUT2D eigenvalue weighted by molar-refractivity contribution is 5.96. The van der Waals surface area contributed by atoms with Crippen molar-refractivity contribution in [2.75, 3.05) is 7.11 Å². The third-order valence-electron chi connectivity index (χ3n) is 2.64. The smallest absolute Gasteiger partial charge is 0.375 e. The third kappa shape index (κ3) is 2.59. The Labute approximate surface area is 110 Å². The standard InChI is InChI=1S/C14H13NO4/c1-9(7-15)18-14(16)13-11(8-17-2)10-5-3-4-6-12(10)19-13/h3-6,9H,8H2,1-2H3/t9-/m0/s1. The van der Waals surface area contributed by atoms with Crippen molar-refractivity contribution in [1.82, 2.24) is 0 Å². The van der Waals surface area contributed by atoms with E-state index in [4.69, 9.17) is 19.2 Å². The average Bonchev–Trinajstić information content (AvgIpc) is 2.78. The first-order valence-electron chi connectivity index (χ1n) is 5.77. The van der Waals surface area contributed by atoms with E-state index in [1.807, 2.05) is 24.3 Å². The number of ether oxygens (including phenoxy) is 2. The molecule has 0 bridgehead atoms. The van der Waals surface area contributed by atoms with Gasteiger partial charge in [0.2, 0.25) is 5.76 Å². The van der Waals surface area contributed by atoms with Gasteiger partial charge in [0.15, 0.2) is 6.10 Å². The molecule has 0 spiro atoms. The molecule has 0 N–H and O–H groups in total. The monoisotopic (exact) mass is 259 g/mol. The summed E-state index contributed by atoms with van der Waals surface area (Å²) in [7, 11) is 1.54. The predicted octanol–water partition coefficient (Wildman–Crippen LogP) is 2.65. The number of esters is 1. The lowest BCUT2D eigenvalue weighted by atomic mass is 10.1. The molecule has 1 heterocycles. The van der Waals surface area contributed by atoms with Crippen LogP contribution in [0.2, 0.25) is 0 Å². The Balaban J connectivity index is 2.44. The van der Waals surface area contributed by atoms with Crippen LogP contribution in [0.3, 0.4) is 0 Å². The first-order chi connectivity index (χ1) is 9.17. The first-order valence-corrected chi connectivity index (χ1v) is 5.77. The first kappa shape index (κ1) is 13.1. The Morgan fingerprint density at radius 3 is 2.89 bits per heavy atom. The Kier molecular flexibility index (Phi) is 3.83. The van der Waals surface area contributed by atoms with Gasteiger partial charge in [-0.1, -0.05) is 18.2 Å². The van der Waals surface area contributed by atoms with Crippen LogP contribution in [0.5, 0.6) is 0 Å². The summed E-state index contributed by atoms with van der Waals surface area (Å²) in [5.41, 5.74) is 1.22. The number of carbonyl (C=O) groups is 1. The lowest BCUT2D eigenvalue weighted by molar-refractivity contribution is 0.0395. The molecule has 0 saturated carbocycles. The van der Waals surface area contributed by atoms with E-state index in [0.717, 1.165) is 5.39 Å². The van der Waals surface area contributed by atoms with Crippen LogP contribution in [0, 0.1) is 11.3 Å². The van der Waals surface area contributed by atoms with Gasteiger partial charge in [-0.05, 0) is 13.0 Å². The van der Waals surface area contributed by atoms with Crippen LogP contribution in [0.15, 0.2) is 28.7 Å². The van der Waals surface area contributed by atoms with E-state index in [-0.39, 0.29) is 12.4 Å². The van der Waals surface area contributed by atoms with E-state index in [1.165, 1.54) is 14.0 Å². The second-order valence-corrected chi connectivity index (χ2v) is 4.02. The number of methoxy groups -OCH3 is 1. The van der Waals surface area contributed by atoms with Crippen molar-refractivity contribution in [3.8, 4) is 6.07 Å². The Morgan fingerprint density at radius 2 is 2.21 bits per heavy atom. The van der Waals surface area contributed by atoms with E-state index in [1.54, 1.807) is 6.07 Å². The van der Waals surface area contributed by atoms with Crippen molar-refractivity contribution >= 4 is 16.9 Å². The van der Waals surface area contributed by atoms with Gasteiger partial charge < -0.3 is 13.9 Å². The topological polar surface area (TPSA) is 72.5 Å². The fourth-order valence-electron chi connectivity index (χ4n) is 1.79. The van der Waals surface area contributed by atoms with Gasteiger partial charge in [0, 0.05) is 18.1 Å². The van der Waals surface area contributed by atoms with Gasteiger partial charge in [-0.25, -0.2) is 4.79 Å². The number of furan rings is 1. The Hall–Kier alpha value is -2.32. The zero-order chi connectivity index (χ0) is 13.8. The summed E-state index contributed by atoms with van der Waals surface area (Å²) in [5.74, 6) is -0.567. The zero-order valence-electron chi connectivity index (χ0n) is 10.7. The van der Waals surface area contributed by atoms with Crippen molar-refractivity contribution < 1.29 is 18.7 Å². The molecule has 0 unspecified atom stereocenters. The van der Waals surface area contributed by atoms with Crippen molar-refractivity contribution in [2.45, 2.75) is 19.6 Å². The minimum Gasteiger partial charge on any atom is -0.449 e. The fraction of sp³-hybridized carbons (Fsp3) is 0.286. The number of carbonyl (C=O) groups excluding carboxylic acids is 1. The van der Waals surface area contributed by atoms with E-state index >= 15 is 0 Å². The van der Waals surface area contributed by atoms with Crippen molar-refractivity contribution in [3.63, 3.8) is 0 Å². The molecule has 0 radical (unpaired) electrons. The summed E-state index contributed by atoms with van der Waals surface area (Å²) in [4.78, 5) is 12.0. The number of para-hydroxylation sites is 1. The van der Waals surface area contributed by atoms with Crippen LogP contribution >= 0.6 is 0 Å². The lowest BCUT2D eigenvalue weighted by Gasteiger charge is -2.05. The zero-order valence-corrected chi connectivity index (χ0v) is 10.7. The summed E-state index contributed by atoms with van der Waals surface area (Å²) in [6.45, 7) is 1.74. The van der Waals surface area contributed by atoms with Crippen LogP contribution in [0.1, 0.15) is 23.0 Å². The molecule has 0 saturated heterocycles. The number of benzene rings is 1. The quantitative estimate of drug-likeness (QED) is 0.789. The highest BCUT2D eigenvalue weighted by atomic mass is 16.6. The van der Waals surface area contributed by atoms with Gasteiger partial charge in [-0.3, -0.25) is 0 Å². The molecule has 1 aromatic heterocycles. The number of rotatable bonds is 4. The van der Waals surface area contributed by atoms with Gasteiger partial charge in [0.05, 0.1) is 6.61 Å². The van der Waals surface area contributed by atoms with E-state index in [0.29, 0.717) is 11.1 Å². The molecule has 0 amide bonds. The van der Waals surface area contributed by atoms with Crippen molar-refractivity contribution in [2.24, 2.45) is 0 Å². The second kappa shape index (κ2) is 5.55. The highest BCUT2D eigenvalue weighted by Gasteiger charge is 2.23. The molecule has 0 fully saturated rings. The van der Waals surface area contributed by atoms with Crippen LogP contribution in [-0.4, -0.2) is 19.2 Å². The van der Waals surface area contributed by atoms with Gasteiger partial charge in [-0.2, -0.15) is 5.26 Å². The molecule has 98 valence electrons. The summed E-state index contributed by atoms with van der Waals surface area (Å²) < 4.78 is 15.5. The van der Waals surface area contributed by atoms with Crippen LogP contribution < -0.4 is 0 Å². The van der Waals surface area contributed by atoms with Crippen molar-refractivity contribution in [1.29, 1.82) is 5.26 Å². The van der Waals surface area contributed by atoms with Crippen LogP contribution in [0.4, 0.5) is 0 Å². The maximum absolute atomic E-state index is 12.0. The van der Waals surface area contributed by atoms with E-state index in [9.17, 15) is 4.79 Å². The number of hydrogen-bond donors (Lipinski definition) is 0. The van der Waals surface area contributed by atoms with E-state index in [2.05, 4.69) is 0 Å². The van der Waals surface area contributed by atoms with Crippen LogP contribution in [-0.2, 0) is 16.1 Å². The average molecular weight is 259 g/mol. The van der Waals surface area contributed by atoms with Gasteiger partial charge >= 0.3 is 5.97 Å². The highest BCUT2D eigenvalue weighted by Crippen LogP contribution is 2.27. The molecule has 1 aromatic carbocycles. The maximum atomic E-state index is 12.0. The number of fused-ring (bicyclic) bond motifs is 1. The Bertz CT molecular complexity index is 638. The van der Waals surface area contributed by atoms with Crippen molar-refractivity contribution in [3.05, 3.63) is 35.6 Å². The normalized spacial score (nSPS) is 12.1. The Morgan fingerprint density at radius 1 is 1.47 bits per heavy atom. The molecule has 1 atom stereocenters. The molecule has 0 aliphatic carbocycles. The van der Waals surface area contributed by atoms with Gasteiger partial charge in [-0.15, -0.1) is 0 Å². The third-order valence-corrected chi connectivity index (χ3v) is 2.64. The summed E-state index contributed by atoms with van der Waals surface area (Å²) in [5, 5.41) is 9.47. The molecule has 19 heavy (non-hydrogen) atoms. The van der Waals surface area contributed by atoms with E-state index < -0.39 is 12.1 Å². The molecular weight excluding hydrogens is 246 g/mol. The van der Waals surface area contributed by atoms with Crippen LogP contribution in [0.25, 0.3) is 11.0 Å². The summed E-state index contributed by atoms with van der Waals surface area (Å²) >= 11 is 0. The number of hydrogen-bond acceptors (Lipinski definition) is 5.